The van der Waals surface area contributed by atoms with Crippen LogP contribution in [0.5, 0.6) is 5.75 Å². The first-order valence-electron chi connectivity index (χ1n) is 9.39. The molecule has 12 heteroatoms. The average Bonchev–Trinajstić information content (AvgIpc) is 3.16. The molecule has 2 N–H and O–H groups in total. The number of hydrogen-bond acceptors (Lipinski definition) is 7. The van der Waals surface area contributed by atoms with Crippen molar-refractivity contribution in [3.05, 3.63) is 59.6 Å². The molecule has 0 radical (unpaired) electrons. The lowest BCUT2D eigenvalue weighted by Gasteiger charge is -2.17. The van der Waals surface area contributed by atoms with Gasteiger partial charge in [-0.1, -0.05) is 18.2 Å². The normalized spacial score (nSPS) is 19.2. The zero-order chi connectivity index (χ0) is 23.6. The summed E-state index contributed by atoms with van der Waals surface area (Å²) in [5.41, 5.74) is 1.52. The van der Waals surface area contributed by atoms with Gasteiger partial charge in [-0.3, -0.25) is 19.0 Å². The topological polar surface area (TPSA) is 128 Å². The van der Waals surface area contributed by atoms with Gasteiger partial charge in [0.2, 0.25) is 5.88 Å². The van der Waals surface area contributed by atoms with E-state index < -0.39 is 34.3 Å². The fourth-order valence-corrected chi connectivity index (χ4v) is 3.83. The van der Waals surface area contributed by atoms with Gasteiger partial charge in [0.25, 0.3) is 16.0 Å². The van der Waals surface area contributed by atoms with Gasteiger partial charge in [0, 0.05) is 13.6 Å². The largest absolute Gasteiger partial charge is 0.480 e. The van der Waals surface area contributed by atoms with Gasteiger partial charge in [-0.2, -0.15) is 8.42 Å². The minimum Gasteiger partial charge on any atom is -0.480 e. The highest BCUT2D eigenvalue weighted by molar-refractivity contribution is 7.85. The molecule has 0 atom stereocenters. The molecule has 1 fully saturated rings. The van der Waals surface area contributed by atoms with Crippen LogP contribution in [0, 0.1) is 0 Å². The second-order valence-electron chi connectivity index (χ2n) is 7.08. The van der Waals surface area contributed by atoms with E-state index in [9.17, 15) is 18.0 Å². The van der Waals surface area contributed by atoms with Crippen LogP contribution in [0.3, 0.4) is 0 Å². The summed E-state index contributed by atoms with van der Waals surface area (Å²) in [5.74, 6) is -1.28. The van der Waals surface area contributed by atoms with Crippen molar-refractivity contribution in [3.8, 4) is 5.75 Å². The van der Waals surface area contributed by atoms with Crippen molar-refractivity contribution >= 4 is 45.0 Å². The Morgan fingerprint density at radius 3 is 2.59 bits per heavy atom. The molecule has 1 aromatic carbocycles. The summed E-state index contributed by atoms with van der Waals surface area (Å²) in [6, 6.07) is 7.06. The number of carboxylic acid groups (broad SMARTS) is 1. The van der Waals surface area contributed by atoms with Crippen molar-refractivity contribution in [2.24, 2.45) is 0 Å². The molecule has 10 nitrogen and oxygen atoms in total. The standard InChI is InChI=1S/C20H21N3O7S2/c1-13(11-15-19(26)23(12-18(24)25)20(31)21(15)2)7-8-17-22(9-10-32(27,28)29)14-5-3-4-6-16(14)30-17/h3-8,11H,9-10,12H2,1-2H3,(H,24,25)(H,27,28,29)/b13-7+,15-11+,17-8-. The maximum atomic E-state index is 12.5. The zero-order valence-corrected chi connectivity index (χ0v) is 18.9. The molecule has 0 bridgehead atoms. The molecular formula is C20H21N3O7S2. The lowest BCUT2D eigenvalue weighted by Crippen LogP contribution is -2.35. The van der Waals surface area contributed by atoms with E-state index in [4.69, 9.17) is 26.6 Å². The summed E-state index contributed by atoms with van der Waals surface area (Å²) in [6.07, 6.45) is 4.85. The number of anilines is 1. The van der Waals surface area contributed by atoms with Gasteiger partial charge >= 0.3 is 5.97 Å². The summed E-state index contributed by atoms with van der Waals surface area (Å²) in [7, 11) is -2.59. The molecule has 0 spiro atoms. The van der Waals surface area contributed by atoms with Crippen LogP contribution < -0.4 is 9.64 Å². The zero-order valence-electron chi connectivity index (χ0n) is 17.3. The molecule has 3 rings (SSSR count). The van der Waals surface area contributed by atoms with Crippen LogP contribution in [0.1, 0.15) is 6.92 Å². The van der Waals surface area contributed by atoms with Crippen LogP contribution in [0.15, 0.2) is 59.6 Å². The average molecular weight is 480 g/mol. The van der Waals surface area contributed by atoms with Gasteiger partial charge in [-0.05, 0) is 49.0 Å². The number of likely N-dealkylation sites (N-methyl/N-ethyl adjacent to an activating group) is 1. The number of rotatable bonds is 7. The second kappa shape index (κ2) is 9.10. The number of carbonyl (C=O) groups is 2. The molecule has 0 aromatic heterocycles. The van der Waals surface area contributed by atoms with E-state index in [0.717, 1.165) is 4.90 Å². The number of carboxylic acids is 1. The van der Waals surface area contributed by atoms with Crippen LogP contribution in [0.4, 0.5) is 5.69 Å². The molecule has 0 saturated carbocycles. The number of nitrogens with zero attached hydrogens (tertiary/aromatic N) is 3. The summed E-state index contributed by atoms with van der Waals surface area (Å²) in [6.45, 7) is 1.19. The highest BCUT2D eigenvalue weighted by Crippen LogP contribution is 2.38. The van der Waals surface area contributed by atoms with E-state index in [-0.39, 0.29) is 17.4 Å². The Morgan fingerprint density at radius 2 is 1.94 bits per heavy atom. The van der Waals surface area contributed by atoms with Crippen molar-refractivity contribution < 1.29 is 32.4 Å². The number of amides is 1. The lowest BCUT2D eigenvalue weighted by atomic mass is 10.2. The highest BCUT2D eigenvalue weighted by atomic mass is 32.2. The van der Waals surface area contributed by atoms with Crippen molar-refractivity contribution in [2.45, 2.75) is 6.92 Å². The van der Waals surface area contributed by atoms with E-state index in [0.29, 0.717) is 22.9 Å². The monoisotopic (exact) mass is 479 g/mol. The number of benzene rings is 1. The van der Waals surface area contributed by atoms with Crippen molar-refractivity contribution in [1.82, 2.24) is 9.80 Å². The number of para-hydroxylation sites is 2. The first kappa shape index (κ1) is 23.4. The first-order valence-corrected chi connectivity index (χ1v) is 11.4. The maximum Gasteiger partial charge on any atom is 0.323 e. The fourth-order valence-electron chi connectivity index (χ4n) is 3.17. The molecule has 2 aliphatic heterocycles. The Balaban J connectivity index is 1.85. The fraction of sp³-hybridized carbons (Fsp3) is 0.250. The highest BCUT2D eigenvalue weighted by Gasteiger charge is 2.36. The van der Waals surface area contributed by atoms with Crippen LogP contribution in [-0.2, 0) is 19.7 Å². The molecule has 32 heavy (non-hydrogen) atoms. The van der Waals surface area contributed by atoms with Gasteiger partial charge in [0.15, 0.2) is 10.9 Å². The maximum absolute atomic E-state index is 12.5. The minimum atomic E-state index is -4.17. The predicted octanol–water partition coefficient (Wildman–Crippen LogP) is 1.59. The molecule has 2 aliphatic rings. The number of fused-ring (bicyclic) bond motifs is 1. The summed E-state index contributed by atoms with van der Waals surface area (Å²) in [5, 5.41) is 9.08. The second-order valence-corrected chi connectivity index (χ2v) is 9.02. The number of aliphatic carboxylic acids is 1. The molecular weight excluding hydrogens is 458 g/mol. The van der Waals surface area contributed by atoms with Crippen LogP contribution in [0.25, 0.3) is 0 Å². The Labute approximate surface area is 190 Å². The minimum absolute atomic E-state index is 0.0186. The first-order chi connectivity index (χ1) is 15.0. The molecule has 170 valence electrons. The molecule has 2 heterocycles. The third kappa shape index (κ3) is 5.15. The Bertz CT molecular complexity index is 1170. The predicted molar refractivity (Wildman–Crippen MR) is 120 cm³/mol. The van der Waals surface area contributed by atoms with Crippen LogP contribution in [0.2, 0.25) is 0 Å². The molecule has 0 unspecified atom stereocenters. The van der Waals surface area contributed by atoms with Crippen molar-refractivity contribution in [2.75, 3.05) is 30.8 Å². The Hall–Kier alpha value is -3.22. The van der Waals surface area contributed by atoms with E-state index in [1.54, 1.807) is 61.4 Å². The molecule has 1 aromatic rings. The number of carbonyl (C=O) groups excluding carboxylic acids is 1. The van der Waals surface area contributed by atoms with Gasteiger partial charge < -0.3 is 19.6 Å². The number of ether oxygens (including phenoxy) is 1. The van der Waals surface area contributed by atoms with Gasteiger partial charge in [-0.25, -0.2) is 0 Å². The van der Waals surface area contributed by atoms with E-state index in [2.05, 4.69) is 0 Å². The smallest absolute Gasteiger partial charge is 0.323 e. The van der Waals surface area contributed by atoms with Crippen molar-refractivity contribution in [1.29, 1.82) is 0 Å². The van der Waals surface area contributed by atoms with E-state index in [1.165, 1.54) is 4.90 Å². The van der Waals surface area contributed by atoms with E-state index in [1.807, 2.05) is 0 Å². The number of allylic oxidation sites excluding steroid dienone is 4. The number of hydrogen-bond donors (Lipinski definition) is 2. The third-order valence-corrected chi connectivity index (χ3v) is 5.89. The van der Waals surface area contributed by atoms with Gasteiger partial charge in [0.05, 0.1) is 11.4 Å². The Kier molecular flexibility index (Phi) is 6.67. The Morgan fingerprint density at radius 1 is 1.25 bits per heavy atom. The summed E-state index contributed by atoms with van der Waals surface area (Å²) in [4.78, 5) is 27.6. The molecule has 0 aliphatic carbocycles. The van der Waals surface area contributed by atoms with Gasteiger partial charge in [-0.15, -0.1) is 0 Å². The quantitative estimate of drug-likeness (QED) is 0.338. The summed E-state index contributed by atoms with van der Waals surface area (Å²) < 4.78 is 37.3. The van der Waals surface area contributed by atoms with Crippen LogP contribution in [-0.4, -0.2) is 70.8 Å². The SMILES string of the molecule is CC(=C\C=C1/Oc2ccccc2N1CCS(=O)(=O)O)/C=C1\C(=O)N(CC(=O)O)C(=S)N1C. The van der Waals surface area contributed by atoms with E-state index >= 15 is 0 Å². The molecule has 1 saturated heterocycles. The third-order valence-electron chi connectivity index (χ3n) is 4.70. The number of thiocarbonyl (C=S) groups is 1. The summed E-state index contributed by atoms with van der Waals surface area (Å²) >= 11 is 5.15. The van der Waals surface area contributed by atoms with Crippen LogP contribution >= 0.6 is 12.2 Å². The molecule has 1 amide bonds. The van der Waals surface area contributed by atoms with Gasteiger partial charge in [0.1, 0.15) is 12.2 Å². The van der Waals surface area contributed by atoms with Crippen molar-refractivity contribution in [3.63, 3.8) is 0 Å². The lowest BCUT2D eigenvalue weighted by molar-refractivity contribution is -0.140.